The Bertz CT molecular complexity index is 703. The number of amides is 1. The molecular weight excluding hydrogens is 310 g/mol. The standard InChI is InChI=1S/C21H27N3O/c1-24(2)20-7-3-5-18(15-20)16-8-10-17(11-9-16)21(25)23-14-12-19-6-4-13-22-19/h3,5,7-11,15,19,22H,4,6,12-14H2,1-2H3,(H,23,25)/t19-/m1/s1. The molecule has 4 nitrogen and oxygen atoms in total. The summed E-state index contributed by atoms with van der Waals surface area (Å²) in [5.74, 6) is 0.00610. The lowest BCUT2D eigenvalue weighted by molar-refractivity contribution is 0.0952. The van der Waals surface area contributed by atoms with Crippen LogP contribution in [0.4, 0.5) is 5.69 Å². The number of benzene rings is 2. The van der Waals surface area contributed by atoms with Gasteiger partial charge in [0.1, 0.15) is 0 Å². The van der Waals surface area contributed by atoms with E-state index in [0.717, 1.165) is 30.6 Å². The van der Waals surface area contributed by atoms with Crippen LogP contribution in [-0.2, 0) is 0 Å². The molecule has 3 rings (SSSR count). The maximum absolute atomic E-state index is 12.3. The first-order valence-corrected chi connectivity index (χ1v) is 9.03. The number of rotatable bonds is 6. The molecule has 0 spiro atoms. The van der Waals surface area contributed by atoms with Gasteiger partial charge in [-0.05, 0) is 61.2 Å². The predicted molar refractivity (Wildman–Crippen MR) is 104 cm³/mol. The molecule has 2 aromatic carbocycles. The molecular formula is C21H27N3O. The monoisotopic (exact) mass is 337 g/mol. The van der Waals surface area contributed by atoms with Crippen LogP contribution in [0.1, 0.15) is 29.6 Å². The van der Waals surface area contributed by atoms with Crippen LogP contribution >= 0.6 is 0 Å². The van der Waals surface area contributed by atoms with Crippen LogP contribution in [0.2, 0.25) is 0 Å². The third-order valence-electron chi connectivity index (χ3n) is 4.78. The minimum atomic E-state index is 0.00610. The second kappa shape index (κ2) is 8.17. The first-order chi connectivity index (χ1) is 12.1. The van der Waals surface area contributed by atoms with E-state index < -0.39 is 0 Å². The Labute approximate surface area is 150 Å². The fourth-order valence-corrected chi connectivity index (χ4v) is 3.24. The van der Waals surface area contributed by atoms with Gasteiger partial charge in [0.2, 0.25) is 0 Å². The van der Waals surface area contributed by atoms with Gasteiger partial charge in [0.25, 0.3) is 5.91 Å². The molecule has 2 N–H and O–H groups in total. The van der Waals surface area contributed by atoms with Crippen LogP contribution in [0.5, 0.6) is 0 Å². The van der Waals surface area contributed by atoms with E-state index >= 15 is 0 Å². The van der Waals surface area contributed by atoms with Crippen LogP contribution in [0.3, 0.4) is 0 Å². The topological polar surface area (TPSA) is 44.4 Å². The molecule has 0 aromatic heterocycles. The SMILES string of the molecule is CN(C)c1cccc(-c2ccc(C(=O)NCC[C@H]3CCCN3)cc2)c1. The van der Waals surface area contributed by atoms with Gasteiger partial charge in [-0.25, -0.2) is 0 Å². The number of carbonyl (C=O) groups is 1. The summed E-state index contributed by atoms with van der Waals surface area (Å²) >= 11 is 0. The van der Waals surface area contributed by atoms with Crippen molar-refractivity contribution in [2.24, 2.45) is 0 Å². The first kappa shape index (κ1) is 17.5. The van der Waals surface area contributed by atoms with Crippen molar-refractivity contribution in [2.45, 2.75) is 25.3 Å². The Morgan fingerprint density at radius 2 is 1.96 bits per heavy atom. The highest BCUT2D eigenvalue weighted by atomic mass is 16.1. The fraction of sp³-hybridized carbons (Fsp3) is 0.381. The van der Waals surface area contributed by atoms with Gasteiger partial charge >= 0.3 is 0 Å². The summed E-state index contributed by atoms with van der Waals surface area (Å²) in [7, 11) is 4.07. The highest BCUT2D eigenvalue weighted by molar-refractivity contribution is 5.94. The quantitative estimate of drug-likeness (QED) is 0.850. The average Bonchev–Trinajstić information content (AvgIpc) is 3.15. The number of hydrogen-bond acceptors (Lipinski definition) is 3. The van der Waals surface area contributed by atoms with Gasteiger partial charge in [0.05, 0.1) is 0 Å². The normalized spacial score (nSPS) is 16.6. The minimum absolute atomic E-state index is 0.00610. The maximum Gasteiger partial charge on any atom is 0.251 e. The van der Waals surface area contributed by atoms with Crippen molar-refractivity contribution in [1.29, 1.82) is 0 Å². The number of anilines is 1. The van der Waals surface area contributed by atoms with Crippen molar-refractivity contribution in [3.8, 4) is 11.1 Å². The first-order valence-electron chi connectivity index (χ1n) is 9.03. The third-order valence-corrected chi connectivity index (χ3v) is 4.78. The van der Waals surface area contributed by atoms with Gasteiger partial charge in [0, 0.05) is 37.9 Å². The lowest BCUT2D eigenvalue weighted by atomic mass is 10.0. The van der Waals surface area contributed by atoms with E-state index in [1.165, 1.54) is 18.5 Å². The van der Waals surface area contributed by atoms with Crippen molar-refractivity contribution in [3.63, 3.8) is 0 Å². The second-order valence-corrected chi connectivity index (χ2v) is 6.86. The van der Waals surface area contributed by atoms with Gasteiger partial charge in [-0.1, -0.05) is 24.3 Å². The average molecular weight is 337 g/mol. The van der Waals surface area contributed by atoms with Crippen LogP contribution in [0, 0.1) is 0 Å². The summed E-state index contributed by atoms with van der Waals surface area (Å²) < 4.78 is 0. The molecule has 1 saturated heterocycles. The molecule has 0 radical (unpaired) electrons. The molecule has 4 heteroatoms. The van der Waals surface area contributed by atoms with E-state index in [0.29, 0.717) is 11.6 Å². The minimum Gasteiger partial charge on any atom is -0.378 e. The molecule has 1 heterocycles. The highest BCUT2D eigenvalue weighted by Crippen LogP contribution is 2.24. The van der Waals surface area contributed by atoms with Crippen LogP contribution in [0.15, 0.2) is 48.5 Å². The maximum atomic E-state index is 12.3. The van der Waals surface area contributed by atoms with Crippen molar-refractivity contribution in [2.75, 3.05) is 32.1 Å². The number of hydrogen-bond donors (Lipinski definition) is 2. The molecule has 0 bridgehead atoms. The van der Waals surface area contributed by atoms with E-state index in [-0.39, 0.29) is 5.91 Å². The summed E-state index contributed by atoms with van der Waals surface area (Å²) in [6.07, 6.45) is 3.47. The molecule has 1 amide bonds. The Morgan fingerprint density at radius 1 is 1.16 bits per heavy atom. The number of carbonyl (C=O) groups excluding carboxylic acids is 1. The number of nitrogens with one attached hydrogen (secondary N) is 2. The van der Waals surface area contributed by atoms with Crippen LogP contribution < -0.4 is 15.5 Å². The van der Waals surface area contributed by atoms with E-state index in [2.05, 4.69) is 39.8 Å². The molecule has 1 aliphatic heterocycles. The zero-order valence-corrected chi connectivity index (χ0v) is 15.1. The van der Waals surface area contributed by atoms with Crippen molar-refractivity contribution >= 4 is 11.6 Å². The molecule has 132 valence electrons. The molecule has 1 atom stereocenters. The van der Waals surface area contributed by atoms with Crippen LogP contribution in [-0.4, -0.2) is 39.1 Å². The van der Waals surface area contributed by atoms with E-state index in [1.807, 2.05) is 38.4 Å². The van der Waals surface area contributed by atoms with Gasteiger partial charge in [-0.2, -0.15) is 0 Å². The molecule has 25 heavy (non-hydrogen) atoms. The summed E-state index contributed by atoms with van der Waals surface area (Å²) in [6.45, 7) is 1.83. The van der Waals surface area contributed by atoms with E-state index in [4.69, 9.17) is 0 Å². The highest BCUT2D eigenvalue weighted by Gasteiger charge is 2.14. The molecule has 0 unspecified atom stereocenters. The summed E-state index contributed by atoms with van der Waals surface area (Å²) in [6, 6.07) is 16.8. The van der Waals surface area contributed by atoms with Gasteiger partial charge < -0.3 is 15.5 Å². The predicted octanol–water partition coefficient (Wildman–Crippen LogP) is 3.29. The van der Waals surface area contributed by atoms with Crippen molar-refractivity contribution in [3.05, 3.63) is 54.1 Å². The molecule has 0 saturated carbocycles. The zero-order valence-electron chi connectivity index (χ0n) is 15.1. The summed E-state index contributed by atoms with van der Waals surface area (Å²) in [4.78, 5) is 14.4. The lowest BCUT2D eigenvalue weighted by Gasteiger charge is -2.14. The van der Waals surface area contributed by atoms with Crippen LogP contribution in [0.25, 0.3) is 11.1 Å². The smallest absolute Gasteiger partial charge is 0.251 e. The zero-order chi connectivity index (χ0) is 17.6. The third kappa shape index (κ3) is 4.60. The number of nitrogens with zero attached hydrogens (tertiary/aromatic N) is 1. The Kier molecular flexibility index (Phi) is 5.71. The molecule has 2 aromatic rings. The Hall–Kier alpha value is -2.33. The van der Waals surface area contributed by atoms with Crippen molar-refractivity contribution in [1.82, 2.24) is 10.6 Å². The Balaban J connectivity index is 1.59. The lowest BCUT2D eigenvalue weighted by Crippen LogP contribution is -2.30. The second-order valence-electron chi connectivity index (χ2n) is 6.86. The van der Waals surface area contributed by atoms with Gasteiger partial charge in [0.15, 0.2) is 0 Å². The van der Waals surface area contributed by atoms with Gasteiger partial charge in [-0.3, -0.25) is 4.79 Å². The Morgan fingerprint density at radius 3 is 2.64 bits per heavy atom. The van der Waals surface area contributed by atoms with E-state index in [9.17, 15) is 4.79 Å². The van der Waals surface area contributed by atoms with E-state index in [1.54, 1.807) is 0 Å². The van der Waals surface area contributed by atoms with Crippen molar-refractivity contribution < 1.29 is 4.79 Å². The largest absolute Gasteiger partial charge is 0.378 e. The fourth-order valence-electron chi connectivity index (χ4n) is 3.24. The summed E-state index contributed by atoms with van der Waals surface area (Å²) in [5, 5.41) is 6.48. The van der Waals surface area contributed by atoms with Gasteiger partial charge in [-0.15, -0.1) is 0 Å². The molecule has 1 aliphatic rings. The summed E-state index contributed by atoms with van der Waals surface area (Å²) in [5.41, 5.74) is 4.16. The molecule has 0 aliphatic carbocycles. The molecule has 1 fully saturated rings.